The summed E-state index contributed by atoms with van der Waals surface area (Å²) in [4.78, 5) is 12.4. The van der Waals surface area contributed by atoms with Gasteiger partial charge in [-0.15, -0.1) is 0 Å². The number of halogens is 2. The Bertz CT molecular complexity index is 574. The summed E-state index contributed by atoms with van der Waals surface area (Å²) in [6.07, 6.45) is -3.19. The number of hydrogen-bond acceptors (Lipinski definition) is 6. The van der Waals surface area contributed by atoms with Gasteiger partial charge >= 0.3 is 0 Å². The minimum absolute atomic E-state index is 0.397. The third-order valence-corrected chi connectivity index (χ3v) is 2.56. The number of pyridine rings is 1. The van der Waals surface area contributed by atoms with Crippen LogP contribution in [-0.2, 0) is 10.0 Å². The molecule has 0 aromatic carbocycles. The van der Waals surface area contributed by atoms with Gasteiger partial charge in [0.05, 0.1) is 4.92 Å². The molecule has 11 heteroatoms. The first-order valence-corrected chi connectivity index (χ1v) is 5.45. The molecule has 1 rings (SSSR count). The van der Waals surface area contributed by atoms with Gasteiger partial charge in [0, 0.05) is 6.07 Å². The number of primary sulfonamides is 1. The summed E-state index contributed by atoms with van der Waals surface area (Å²) >= 11 is 0. The van der Waals surface area contributed by atoms with Crippen LogP contribution in [0.5, 0.6) is 0 Å². The number of nitrogens with zero attached hydrogens (tertiary/aromatic N) is 2. The first kappa shape index (κ1) is 13.2. The highest BCUT2D eigenvalue weighted by atomic mass is 32.2. The molecule has 94 valence electrons. The topological polar surface area (TPSA) is 142 Å². The van der Waals surface area contributed by atoms with Gasteiger partial charge in [-0.25, -0.2) is 27.3 Å². The maximum atomic E-state index is 12.3. The first-order chi connectivity index (χ1) is 7.64. The molecule has 1 aromatic rings. The van der Waals surface area contributed by atoms with Crippen LogP contribution >= 0.6 is 0 Å². The van der Waals surface area contributed by atoms with Gasteiger partial charge in [-0.05, 0) is 0 Å². The van der Waals surface area contributed by atoms with Crippen molar-refractivity contribution in [2.45, 2.75) is 11.5 Å². The van der Waals surface area contributed by atoms with Crippen molar-refractivity contribution in [3.63, 3.8) is 0 Å². The zero-order valence-corrected chi connectivity index (χ0v) is 8.82. The quantitative estimate of drug-likeness (QED) is 0.590. The summed E-state index contributed by atoms with van der Waals surface area (Å²) in [7, 11) is -4.52. The third-order valence-electron chi connectivity index (χ3n) is 1.71. The van der Waals surface area contributed by atoms with E-state index in [4.69, 9.17) is 5.73 Å². The number of rotatable bonds is 3. The van der Waals surface area contributed by atoms with E-state index >= 15 is 0 Å². The SMILES string of the molecule is Nc1c([N+](=O)[O-])cc(C(F)F)nc1S(N)(=O)=O. The average Bonchev–Trinajstić information content (AvgIpc) is 2.15. The van der Waals surface area contributed by atoms with Crippen LogP contribution in [0.2, 0.25) is 0 Å². The van der Waals surface area contributed by atoms with Gasteiger partial charge in [0.1, 0.15) is 11.4 Å². The zero-order chi connectivity index (χ0) is 13.4. The van der Waals surface area contributed by atoms with Gasteiger partial charge in [-0.1, -0.05) is 0 Å². The number of sulfonamides is 1. The van der Waals surface area contributed by atoms with Crippen LogP contribution in [0.1, 0.15) is 12.1 Å². The molecule has 0 saturated heterocycles. The molecule has 0 saturated carbocycles. The fourth-order valence-corrected chi connectivity index (χ4v) is 1.66. The lowest BCUT2D eigenvalue weighted by atomic mass is 10.3. The Morgan fingerprint density at radius 1 is 1.47 bits per heavy atom. The molecule has 1 aromatic heterocycles. The van der Waals surface area contributed by atoms with Crippen molar-refractivity contribution < 1.29 is 22.1 Å². The number of nitrogen functional groups attached to an aromatic ring is 1. The highest BCUT2D eigenvalue weighted by Gasteiger charge is 2.27. The van der Waals surface area contributed by atoms with E-state index in [0.29, 0.717) is 6.07 Å². The summed E-state index contributed by atoms with van der Waals surface area (Å²) in [6, 6.07) is 0.397. The average molecular weight is 268 g/mol. The zero-order valence-electron chi connectivity index (χ0n) is 8.00. The lowest BCUT2D eigenvalue weighted by Crippen LogP contribution is -2.18. The summed E-state index contributed by atoms with van der Waals surface area (Å²) in [5, 5.41) is 14.0. The lowest BCUT2D eigenvalue weighted by Gasteiger charge is -2.06. The summed E-state index contributed by atoms with van der Waals surface area (Å²) in [5.74, 6) is 0. The third kappa shape index (κ3) is 2.62. The minimum atomic E-state index is -4.52. The highest BCUT2D eigenvalue weighted by Crippen LogP contribution is 2.30. The molecule has 0 fully saturated rings. The maximum absolute atomic E-state index is 12.3. The number of nitrogens with two attached hydrogens (primary N) is 2. The van der Waals surface area contributed by atoms with Crippen molar-refractivity contribution in [2.24, 2.45) is 5.14 Å². The molecule has 1 heterocycles. The predicted molar refractivity (Wildman–Crippen MR) is 51.6 cm³/mol. The van der Waals surface area contributed by atoms with Crippen LogP contribution in [0.3, 0.4) is 0 Å². The second-order valence-electron chi connectivity index (χ2n) is 2.89. The van der Waals surface area contributed by atoms with Crippen LogP contribution < -0.4 is 10.9 Å². The Morgan fingerprint density at radius 2 is 2.00 bits per heavy atom. The van der Waals surface area contributed by atoms with Crippen LogP contribution in [0.15, 0.2) is 11.1 Å². The number of nitro groups is 1. The molecule has 4 N–H and O–H groups in total. The number of aromatic nitrogens is 1. The molecular weight excluding hydrogens is 262 g/mol. The molecule has 0 atom stereocenters. The van der Waals surface area contributed by atoms with Gasteiger partial charge < -0.3 is 5.73 Å². The van der Waals surface area contributed by atoms with Gasteiger partial charge in [-0.3, -0.25) is 10.1 Å². The van der Waals surface area contributed by atoms with Gasteiger partial charge in [0.2, 0.25) is 5.03 Å². The van der Waals surface area contributed by atoms with E-state index in [9.17, 15) is 27.3 Å². The molecule has 0 unspecified atom stereocenters. The summed E-state index contributed by atoms with van der Waals surface area (Å²) in [6.45, 7) is 0. The molecule has 0 spiro atoms. The van der Waals surface area contributed by atoms with Crippen LogP contribution in [0.25, 0.3) is 0 Å². The molecule has 8 nitrogen and oxygen atoms in total. The van der Waals surface area contributed by atoms with Gasteiger partial charge in [0.15, 0.2) is 0 Å². The molecule has 17 heavy (non-hydrogen) atoms. The fraction of sp³-hybridized carbons (Fsp3) is 0.167. The molecule has 0 aliphatic rings. The molecule has 0 aliphatic heterocycles. The van der Waals surface area contributed by atoms with Crippen molar-refractivity contribution in [2.75, 3.05) is 5.73 Å². The molecule has 0 aliphatic carbocycles. The first-order valence-electron chi connectivity index (χ1n) is 3.90. The Labute approximate surface area is 93.4 Å². The van der Waals surface area contributed by atoms with E-state index in [1.807, 2.05) is 0 Å². The summed E-state index contributed by atoms with van der Waals surface area (Å²) < 4.78 is 46.6. The van der Waals surface area contributed by atoms with Crippen molar-refractivity contribution in [3.8, 4) is 0 Å². The second-order valence-corrected chi connectivity index (χ2v) is 4.36. The van der Waals surface area contributed by atoms with Crippen molar-refractivity contribution >= 4 is 21.4 Å². The Morgan fingerprint density at radius 3 is 2.35 bits per heavy atom. The van der Waals surface area contributed by atoms with E-state index in [-0.39, 0.29) is 0 Å². The van der Waals surface area contributed by atoms with E-state index in [2.05, 4.69) is 10.1 Å². The largest absolute Gasteiger partial charge is 0.391 e. The highest BCUT2D eigenvalue weighted by molar-refractivity contribution is 7.89. The number of alkyl halides is 2. The van der Waals surface area contributed by atoms with Crippen molar-refractivity contribution in [3.05, 3.63) is 21.9 Å². The standard InChI is InChI=1S/C6H6F2N4O4S/c7-5(8)2-1-3(12(13)14)4(9)6(11-2)17(10,15)16/h1,5H,9H2,(H2,10,15,16). The van der Waals surface area contributed by atoms with Crippen LogP contribution in [0.4, 0.5) is 20.2 Å². The maximum Gasteiger partial charge on any atom is 0.297 e. The monoisotopic (exact) mass is 268 g/mol. The molecule has 0 bridgehead atoms. The lowest BCUT2D eigenvalue weighted by molar-refractivity contribution is -0.384. The molecule has 0 radical (unpaired) electrons. The Hall–Kier alpha value is -1.88. The molecule has 0 amide bonds. The van der Waals surface area contributed by atoms with Crippen LogP contribution in [-0.4, -0.2) is 18.3 Å². The Balaban J connectivity index is 3.67. The van der Waals surface area contributed by atoms with Gasteiger partial charge in [0.25, 0.3) is 22.1 Å². The number of anilines is 1. The van der Waals surface area contributed by atoms with Crippen molar-refractivity contribution in [1.29, 1.82) is 0 Å². The van der Waals surface area contributed by atoms with Crippen molar-refractivity contribution in [1.82, 2.24) is 4.98 Å². The Kier molecular flexibility index (Phi) is 3.24. The van der Waals surface area contributed by atoms with E-state index in [0.717, 1.165) is 0 Å². The smallest absolute Gasteiger partial charge is 0.297 e. The van der Waals surface area contributed by atoms with E-state index < -0.39 is 43.5 Å². The minimum Gasteiger partial charge on any atom is -0.391 e. The summed E-state index contributed by atoms with van der Waals surface area (Å²) in [5.41, 5.74) is 2.18. The number of hydrogen-bond donors (Lipinski definition) is 2. The van der Waals surface area contributed by atoms with E-state index in [1.165, 1.54) is 0 Å². The fourth-order valence-electron chi connectivity index (χ4n) is 1.02. The second kappa shape index (κ2) is 4.18. The predicted octanol–water partition coefficient (Wildman–Crippen LogP) is 0.157. The van der Waals surface area contributed by atoms with Gasteiger partial charge in [-0.2, -0.15) is 0 Å². The van der Waals surface area contributed by atoms with E-state index in [1.54, 1.807) is 0 Å². The van der Waals surface area contributed by atoms with Crippen LogP contribution in [0, 0.1) is 10.1 Å². The normalized spacial score (nSPS) is 11.8. The molecular formula is C6H6F2N4O4S.